The molecule has 1 N–H and O–H groups in total. The van der Waals surface area contributed by atoms with Crippen LogP contribution in [0.2, 0.25) is 0 Å². The van der Waals surface area contributed by atoms with E-state index in [1.54, 1.807) is 55.6 Å². The summed E-state index contributed by atoms with van der Waals surface area (Å²) in [5.41, 5.74) is 2.78. The molecule has 1 unspecified atom stereocenters. The molecule has 1 atom stereocenters. The Morgan fingerprint density at radius 3 is 2.03 bits per heavy atom. The van der Waals surface area contributed by atoms with E-state index in [9.17, 15) is 14.7 Å². The Hall–Kier alpha value is -4.26. The lowest BCUT2D eigenvalue weighted by Crippen LogP contribution is -2.29. The number of ketones is 1. The lowest BCUT2D eigenvalue weighted by molar-refractivity contribution is -0.132. The predicted octanol–water partition coefficient (Wildman–Crippen LogP) is 6.20. The van der Waals surface area contributed by atoms with Crippen LogP contribution in [0.1, 0.15) is 44.9 Å². The molecule has 4 rings (SSSR count). The number of anilines is 2. The van der Waals surface area contributed by atoms with Gasteiger partial charge in [-0.15, -0.1) is 0 Å². The van der Waals surface area contributed by atoms with Crippen LogP contribution in [0.4, 0.5) is 11.4 Å². The molecule has 7 heteroatoms. The SMILES string of the molecule is CCN(CC)c1ccc(C2/C(=C(/O)c3ccc(OCC(C)C)cc3)C(=O)C(=O)N2c2ccc(OC)cc2)cc1. The Labute approximate surface area is 230 Å². The summed E-state index contributed by atoms with van der Waals surface area (Å²) < 4.78 is 11.0. The normalized spacial score (nSPS) is 16.6. The molecule has 1 aliphatic rings. The molecular weight excluding hydrogens is 492 g/mol. The van der Waals surface area contributed by atoms with Crippen molar-refractivity contribution in [2.45, 2.75) is 33.7 Å². The third-order valence-electron chi connectivity index (χ3n) is 6.84. The van der Waals surface area contributed by atoms with Crippen LogP contribution in [0.5, 0.6) is 11.5 Å². The first-order valence-corrected chi connectivity index (χ1v) is 13.3. The highest BCUT2D eigenvalue weighted by Gasteiger charge is 2.47. The van der Waals surface area contributed by atoms with Gasteiger partial charge in [-0.3, -0.25) is 14.5 Å². The maximum atomic E-state index is 13.5. The second-order valence-corrected chi connectivity index (χ2v) is 9.86. The lowest BCUT2D eigenvalue weighted by atomic mass is 9.94. The van der Waals surface area contributed by atoms with Gasteiger partial charge in [-0.25, -0.2) is 0 Å². The first-order chi connectivity index (χ1) is 18.8. The third kappa shape index (κ3) is 5.77. The van der Waals surface area contributed by atoms with Gasteiger partial charge >= 0.3 is 0 Å². The topological polar surface area (TPSA) is 79.3 Å². The molecule has 0 aromatic heterocycles. The second-order valence-electron chi connectivity index (χ2n) is 9.86. The summed E-state index contributed by atoms with van der Waals surface area (Å²) in [6.45, 7) is 10.6. The van der Waals surface area contributed by atoms with E-state index in [-0.39, 0.29) is 11.3 Å². The van der Waals surface area contributed by atoms with Gasteiger partial charge in [-0.1, -0.05) is 26.0 Å². The molecule has 1 heterocycles. The number of hydrogen-bond acceptors (Lipinski definition) is 6. The van der Waals surface area contributed by atoms with Crippen molar-refractivity contribution in [2.75, 3.05) is 36.6 Å². The van der Waals surface area contributed by atoms with Crippen molar-refractivity contribution < 1.29 is 24.2 Å². The van der Waals surface area contributed by atoms with Gasteiger partial charge in [0.15, 0.2) is 0 Å². The van der Waals surface area contributed by atoms with E-state index < -0.39 is 17.7 Å². The van der Waals surface area contributed by atoms with Crippen LogP contribution in [0.25, 0.3) is 5.76 Å². The highest BCUT2D eigenvalue weighted by atomic mass is 16.5. The average Bonchev–Trinajstić information content (AvgIpc) is 3.22. The number of nitrogens with zero attached hydrogens (tertiary/aromatic N) is 2. The van der Waals surface area contributed by atoms with Gasteiger partial charge in [-0.05, 0) is 86.0 Å². The monoisotopic (exact) mass is 528 g/mol. The summed E-state index contributed by atoms with van der Waals surface area (Å²) in [7, 11) is 1.57. The van der Waals surface area contributed by atoms with Gasteiger partial charge < -0.3 is 19.5 Å². The number of carbonyl (C=O) groups excluding carboxylic acids is 2. The lowest BCUT2D eigenvalue weighted by Gasteiger charge is -2.27. The Morgan fingerprint density at radius 2 is 1.49 bits per heavy atom. The number of ether oxygens (including phenoxy) is 2. The molecule has 0 spiro atoms. The summed E-state index contributed by atoms with van der Waals surface area (Å²) in [6, 6.07) is 20.9. The fraction of sp³-hybridized carbons (Fsp3) is 0.312. The van der Waals surface area contributed by atoms with Crippen LogP contribution in [0.15, 0.2) is 78.4 Å². The first kappa shape index (κ1) is 27.8. The second kappa shape index (κ2) is 12.1. The minimum Gasteiger partial charge on any atom is -0.507 e. The number of benzene rings is 3. The zero-order chi connectivity index (χ0) is 28.1. The van der Waals surface area contributed by atoms with Gasteiger partial charge in [0.1, 0.15) is 17.3 Å². The van der Waals surface area contributed by atoms with Gasteiger partial charge in [0.05, 0.1) is 25.3 Å². The zero-order valence-electron chi connectivity index (χ0n) is 23.2. The van der Waals surface area contributed by atoms with Crippen molar-refractivity contribution in [3.63, 3.8) is 0 Å². The highest BCUT2D eigenvalue weighted by molar-refractivity contribution is 6.51. The molecular formula is C32H36N2O5. The van der Waals surface area contributed by atoms with Crippen molar-refractivity contribution in [3.8, 4) is 11.5 Å². The van der Waals surface area contributed by atoms with E-state index in [0.717, 1.165) is 24.3 Å². The molecule has 3 aromatic carbocycles. The Balaban J connectivity index is 1.80. The Kier molecular flexibility index (Phi) is 8.59. The molecule has 0 radical (unpaired) electrons. The van der Waals surface area contributed by atoms with E-state index in [1.165, 1.54) is 4.90 Å². The number of amides is 1. The molecule has 1 fully saturated rings. The number of aliphatic hydroxyl groups excluding tert-OH is 1. The number of rotatable bonds is 10. The summed E-state index contributed by atoms with van der Waals surface area (Å²) in [5, 5.41) is 11.4. The minimum atomic E-state index is -0.805. The van der Waals surface area contributed by atoms with E-state index in [1.807, 2.05) is 24.3 Å². The van der Waals surface area contributed by atoms with Crippen LogP contribution in [-0.4, -0.2) is 43.6 Å². The van der Waals surface area contributed by atoms with Crippen molar-refractivity contribution in [3.05, 3.63) is 89.5 Å². The molecule has 7 nitrogen and oxygen atoms in total. The smallest absolute Gasteiger partial charge is 0.300 e. The number of carbonyl (C=O) groups is 2. The molecule has 3 aromatic rings. The van der Waals surface area contributed by atoms with Crippen LogP contribution < -0.4 is 19.3 Å². The van der Waals surface area contributed by atoms with Crippen molar-refractivity contribution in [1.82, 2.24) is 0 Å². The van der Waals surface area contributed by atoms with Crippen molar-refractivity contribution in [2.24, 2.45) is 5.92 Å². The van der Waals surface area contributed by atoms with Gasteiger partial charge in [-0.2, -0.15) is 0 Å². The number of Topliss-reactive ketones (excluding diaryl/α,β-unsaturated/α-hetero) is 1. The molecule has 204 valence electrons. The maximum absolute atomic E-state index is 13.5. The number of hydrogen-bond donors (Lipinski definition) is 1. The largest absolute Gasteiger partial charge is 0.507 e. The van der Waals surface area contributed by atoms with E-state index in [0.29, 0.717) is 35.3 Å². The predicted molar refractivity (Wildman–Crippen MR) is 155 cm³/mol. The van der Waals surface area contributed by atoms with E-state index in [2.05, 4.69) is 32.6 Å². The zero-order valence-corrected chi connectivity index (χ0v) is 23.2. The summed E-state index contributed by atoms with van der Waals surface area (Å²) in [5.74, 6) is 0.0214. The number of aliphatic hydroxyl groups is 1. The maximum Gasteiger partial charge on any atom is 0.300 e. The molecule has 0 aliphatic carbocycles. The quantitative estimate of drug-likeness (QED) is 0.192. The first-order valence-electron chi connectivity index (χ1n) is 13.3. The molecule has 0 bridgehead atoms. The van der Waals surface area contributed by atoms with Gasteiger partial charge in [0.2, 0.25) is 0 Å². The highest BCUT2D eigenvalue weighted by Crippen LogP contribution is 2.43. The fourth-order valence-electron chi connectivity index (χ4n) is 4.74. The van der Waals surface area contributed by atoms with Crippen molar-refractivity contribution >= 4 is 28.8 Å². The summed E-state index contributed by atoms with van der Waals surface area (Å²) >= 11 is 0. The standard InChI is InChI=1S/C32H36N2O5/c1-6-33(7-2)24-12-8-22(9-13-24)29-28(30(35)23-10-16-27(17-11-23)39-20-21(3)4)31(36)32(37)34(29)25-14-18-26(38-5)19-15-25/h8-19,21,29,35H,6-7,20H2,1-5H3/b30-28-. The Morgan fingerprint density at radius 1 is 0.897 bits per heavy atom. The molecule has 1 aliphatic heterocycles. The average molecular weight is 529 g/mol. The summed E-state index contributed by atoms with van der Waals surface area (Å²) in [4.78, 5) is 30.5. The minimum absolute atomic E-state index is 0.0438. The molecule has 39 heavy (non-hydrogen) atoms. The molecule has 1 amide bonds. The summed E-state index contributed by atoms with van der Waals surface area (Å²) in [6.07, 6.45) is 0. The van der Waals surface area contributed by atoms with Crippen LogP contribution in [0, 0.1) is 5.92 Å². The van der Waals surface area contributed by atoms with E-state index >= 15 is 0 Å². The molecule has 0 saturated carbocycles. The van der Waals surface area contributed by atoms with Crippen LogP contribution in [-0.2, 0) is 9.59 Å². The molecule has 1 saturated heterocycles. The fourth-order valence-corrected chi connectivity index (χ4v) is 4.74. The number of methoxy groups -OCH3 is 1. The van der Waals surface area contributed by atoms with Crippen LogP contribution in [0.3, 0.4) is 0 Å². The van der Waals surface area contributed by atoms with Gasteiger partial charge in [0, 0.05) is 30.0 Å². The van der Waals surface area contributed by atoms with E-state index in [4.69, 9.17) is 9.47 Å². The van der Waals surface area contributed by atoms with Crippen molar-refractivity contribution in [1.29, 1.82) is 0 Å². The van der Waals surface area contributed by atoms with Crippen LogP contribution >= 0.6 is 0 Å². The van der Waals surface area contributed by atoms with Gasteiger partial charge in [0.25, 0.3) is 11.7 Å². The third-order valence-corrected chi connectivity index (χ3v) is 6.84. The Bertz CT molecular complexity index is 1320.